The second kappa shape index (κ2) is 12.0. The summed E-state index contributed by atoms with van der Waals surface area (Å²) in [5, 5.41) is 2.86. The van der Waals surface area contributed by atoms with Crippen LogP contribution in [0.2, 0.25) is 0 Å². The highest BCUT2D eigenvalue weighted by atomic mass is 19.4. The summed E-state index contributed by atoms with van der Waals surface area (Å²) < 4.78 is 43.9. The molecule has 2 aliphatic heterocycles. The molecule has 1 amide bonds. The second-order valence-electron chi connectivity index (χ2n) is 9.64. The highest BCUT2D eigenvalue weighted by Gasteiger charge is 2.30. The fraction of sp³-hybridized carbons (Fsp3) is 0.429. The topological polar surface area (TPSA) is 83.2 Å². The standard InChI is InChI=1S/C28H34F3N5O2/c1-19-17-23(7-8-26(19)36-11-9-24(10-12-36)35-13-15-38-16-14-35)34-27(37)25(18-32)20(2)33-22-5-3-21(4-6-22)28(29,30)31/h3-8,17-18,24H,9-16,32H2,1-2H3,(H,34,37). The van der Waals surface area contributed by atoms with E-state index in [4.69, 9.17) is 10.5 Å². The summed E-state index contributed by atoms with van der Waals surface area (Å²) in [5.74, 6) is -0.445. The van der Waals surface area contributed by atoms with E-state index in [2.05, 4.69) is 20.1 Å². The normalized spacial score (nSPS) is 18.5. The molecule has 0 atom stereocenters. The van der Waals surface area contributed by atoms with Gasteiger partial charge in [0.1, 0.15) is 0 Å². The van der Waals surface area contributed by atoms with Crippen LogP contribution >= 0.6 is 0 Å². The van der Waals surface area contributed by atoms with Gasteiger partial charge in [-0.2, -0.15) is 13.2 Å². The van der Waals surface area contributed by atoms with Crippen LogP contribution in [-0.4, -0.2) is 62.0 Å². The number of halogens is 3. The molecule has 204 valence electrons. The Morgan fingerprint density at radius 2 is 1.74 bits per heavy atom. The number of hydrogen-bond acceptors (Lipinski definition) is 6. The van der Waals surface area contributed by atoms with Crippen LogP contribution < -0.4 is 16.0 Å². The Hall–Kier alpha value is -3.37. The number of carbonyl (C=O) groups excluding carboxylic acids is 1. The van der Waals surface area contributed by atoms with Crippen molar-refractivity contribution in [3.8, 4) is 0 Å². The third kappa shape index (κ3) is 6.73. The second-order valence-corrected chi connectivity index (χ2v) is 9.64. The molecule has 2 saturated heterocycles. The molecule has 2 aliphatic rings. The summed E-state index contributed by atoms with van der Waals surface area (Å²) >= 11 is 0. The zero-order chi connectivity index (χ0) is 27.3. The number of piperidine rings is 1. The number of rotatable bonds is 6. The zero-order valence-electron chi connectivity index (χ0n) is 21.7. The van der Waals surface area contributed by atoms with Crippen molar-refractivity contribution in [1.29, 1.82) is 0 Å². The number of alkyl halides is 3. The summed E-state index contributed by atoms with van der Waals surface area (Å²) in [7, 11) is 0. The van der Waals surface area contributed by atoms with Gasteiger partial charge in [0.05, 0.1) is 35.7 Å². The van der Waals surface area contributed by atoms with Crippen LogP contribution in [0.1, 0.15) is 30.9 Å². The van der Waals surface area contributed by atoms with E-state index in [1.54, 1.807) is 6.92 Å². The van der Waals surface area contributed by atoms with Gasteiger partial charge in [0.2, 0.25) is 0 Å². The predicted molar refractivity (Wildman–Crippen MR) is 144 cm³/mol. The van der Waals surface area contributed by atoms with Gasteiger partial charge in [-0.15, -0.1) is 0 Å². The number of benzene rings is 2. The number of carbonyl (C=O) groups is 1. The van der Waals surface area contributed by atoms with Crippen molar-refractivity contribution in [3.63, 3.8) is 0 Å². The Bertz CT molecular complexity index is 1180. The van der Waals surface area contributed by atoms with E-state index < -0.39 is 17.6 Å². The molecule has 0 saturated carbocycles. The third-order valence-corrected chi connectivity index (χ3v) is 7.11. The zero-order valence-corrected chi connectivity index (χ0v) is 21.7. The number of amides is 1. The summed E-state index contributed by atoms with van der Waals surface area (Å²) in [5.41, 5.74) is 8.50. The molecule has 0 aliphatic carbocycles. The summed E-state index contributed by atoms with van der Waals surface area (Å²) in [6.45, 7) is 9.21. The van der Waals surface area contributed by atoms with Crippen LogP contribution in [0, 0.1) is 6.92 Å². The molecule has 0 unspecified atom stereocenters. The molecule has 2 fully saturated rings. The molecule has 0 aromatic heterocycles. The van der Waals surface area contributed by atoms with Gasteiger partial charge in [-0.25, -0.2) is 0 Å². The van der Waals surface area contributed by atoms with Crippen LogP contribution in [0.3, 0.4) is 0 Å². The van der Waals surface area contributed by atoms with Crippen molar-refractivity contribution in [2.75, 3.05) is 49.6 Å². The number of aryl methyl sites for hydroxylation is 1. The third-order valence-electron chi connectivity index (χ3n) is 7.11. The molecule has 3 N–H and O–H groups in total. The van der Waals surface area contributed by atoms with Gasteiger partial charge >= 0.3 is 6.18 Å². The molecular weight excluding hydrogens is 495 g/mol. The first-order valence-electron chi connectivity index (χ1n) is 12.8. The summed E-state index contributed by atoms with van der Waals surface area (Å²) in [6.07, 6.45) is -1.05. The first kappa shape index (κ1) is 27.7. The lowest BCUT2D eigenvalue weighted by molar-refractivity contribution is -0.137. The van der Waals surface area contributed by atoms with Gasteiger partial charge in [0.15, 0.2) is 0 Å². The van der Waals surface area contributed by atoms with Crippen LogP contribution in [0.25, 0.3) is 0 Å². The Morgan fingerprint density at radius 3 is 2.32 bits per heavy atom. The SMILES string of the molecule is CC(=Nc1ccc(C(F)(F)F)cc1)C(=CN)C(=O)Nc1ccc(N2CCC(N3CCOCC3)CC2)c(C)c1. The van der Waals surface area contributed by atoms with E-state index in [0.717, 1.165) is 81.8 Å². The quantitative estimate of drug-likeness (QED) is 0.411. The maximum absolute atomic E-state index is 12.9. The van der Waals surface area contributed by atoms with Gasteiger partial charge < -0.3 is 20.7 Å². The average molecular weight is 530 g/mol. The van der Waals surface area contributed by atoms with Crippen molar-refractivity contribution in [1.82, 2.24) is 4.90 Å². The van der Waals surface area contributed by atoms with E-state index in [9.17, 15) is 18.0 Å². The van der Waals surface area contributed by atoms with E-state index in [1.165, 1.54) is 12.1 Å². The molecule has 4 rings (SSSR count). The van der Waals surface area contributed by atoms with Gasteiger partial charge in [0.25, 0.3) is 5.91 Å². The van der Waals surface area contributed by atoms with Crippen molar-refractivity contribution in [2.24, 2.45) is 10.7 Å². The highest BCUT2D eigenvalue weighted by molar-refractivity contribution is 6.25. The fourth-order valence-electron chi connectivity index (χ4n) is 5.04. The van der Waals surface area contributed by atoms with Gasteiger partial charge in [0, 0.05) is 49.8 Å². The first-order valence-corrected chi connectivity index (χ1v) is 12.8. The number of morpholine rings is 1. The van der Waals surface area contributed by atoms with Crippen LogP contribution in [-0.2, 0) is 15.7 Å². The Labute approximate surface area is 221 Å². The first-order chi connectivity index (χ1) is 18.2. The number of nitrogens with zero attached hydrogens (tertiary/aromatic N) is 3. The molecule has 0 radical (unpaired) electrons. The van der Waals surface area contributed by atoms with Gasteiger partial charge in [-0.05, 0) is 74.7 Å². The maximum atomic E-state index is 12.9. The van der Waals surface area contributed by atoms with E-state index in [-0.39, 0.29) is 5.57 Å². The van der Waals surface area contributed by atoms with Gasteiger partial charge in [-0.1, -0.05) is 0 Å². The minimum atomic E-state index is -4.42. The van der Waals surface area contributed by atoms with Crippen LogP contribution in [0.5, 0.6) is 0 Å². The molecular formula is C28H34F3N5O2. The lowest BCUT2D eigenvalue weighted by Crippen LogP contribution is -2.49. The van der Waals surface area contributed by atoms with Crippen LogP contribution in [0.4, 0.5) is 30.2 Å². The number of anilines is 2. The molecule has 0 bridgehead atoms. The smallest absolute Gasteiger partial charge is 0.404 e. The molecule has 2 aromatic rings. The number of nitrogens with two attached hydrogens (primary N) is 1. The summed E-state index contributed by atoms with van der Waals surface area (Å²) in [6, 6.07) is 10.8. The van der Waals surface area contributed by atoms with Crippen molar-refractivity contribution >= 4 is 28.7 Å². The highest BCUT2D eigenvalue weighted by Crippen LogP contribution is 2.31. The number of nitrogens with one attached hydrogen (secondary N) is 1. The molecule has 2 heterocycles. The van der Waals surface area contributed by atoms with E-state index in [0.29, 0.717) is 23.1 Å². The van der Waals surface area contributed by atoms with Crippen molar-refractivity contribution in [2.45, 2.75) is 38.9 Å². The number of aliphatic imine (C=N–C) groups is 1. The molecule has 38 heavy (non-hydrogen) atoms. The summed E-state index contributed by atoms with van der Waals surface area (Å²) in [4.78, 5) is 22.1. The fourth-order valence-corrected chi connectivity index (χ4v) is 5.04. The monoisotopic (exact) mass is 529 g/mol. The number of ether oxygens (including phenoxy) is 1. The average Bonchev–Trinajstić information content (AvgIpc) is 2.90. The molecule has 2 aromatic carbocycles. The van der Waals surface area contributed by atoms with E-state index in [1.807, 2.05) is 25.1 Å². The Morgan fingerprint density at radius 1 is 1.08 bits per heavy atom. The predicted octanol–water partition coefficient (Wildman–Crippen LogP) is 4.89. The lowest BCUT2D eigenvalue weighted by atomic mass is 10.0. The van der Waals surface area contributed by atoms with E-state index >= 15 is 0 Å². The number of hydrogen-bond donors (Lipinski definition) is 2. The van der Waals surface area contributed by atoms with Crippen LogP contribution in [0.15, 0.2) is 59.2 Å². The Kier molecular flexibility index (Phi) is 8.73. The Balaban J connectivity index is 1.37. The minimum Gasteiger partial charge on any atom is -0.404 e. The molecule has 7 nitrogen and oxygen atoms in total. The van der Waals surface area contributed by atoms with Crippen molar-refractivity contribution in [3.05, 3.63) is 65.4 Å². The largest absolute Gasteiger partial charge is 0.416 e. The molecule has 0 spiro atoms. The van der Waals surface area contributed by atoms with Crippen molar-refractivity contribution < 1.29 is 22.7 Å². The minimum absolute atomic E-state index is 0.136. The maximum Gasteiger partial charge on any atom is 0.416 e. The lowest BCUT2D eigenvalue weighted by Gasteiger charge is -2.41. The molecule has 10 heteroatoms. The van der Waals surface area contributed by atoms with Gasteiger partial charge in [-0.3, -0.25) is 14.7 Å².